The standard InChI is InChI=1S/C23H23FN4O2S/c1-14-9-17(13-27(2)22(14)29)16-10-19(26-31-4)21-20(11-16)28(23(25-21)30-3)12-15-5-7-18(24)8-6-15/h5-11,13,26H,12H2,1-4H3. The van der Waals surface area contributed by atoms with Crippen LogP contribution in [0.4, 0.5) is 10.1 Å². The van der Waals surface area contributed by atoms with Crippen LogP contribution in [0.15, 0.2) is 53.5 Å². The molecule has 0 atom stereocenters. The summed E-state index contributed by atoms with van der Waals surface area (Å²) < 4.78 is 25.8. The van der Waals surface area contributed by atoms with Gasteiger partial charge in [-0.3, -0.25) is 9.36 Å². The number of aryl methyl sites for hydroxylation is 2. The van der Waals surface area contributed by atoms with Crippen LogP contribution in [0.5, 0.6) is 6.01 Å². The van der Waals surface area contributed by atoms with Crippen molar-refractivity contribution in [3.63, 3.8) is 0 Å². The number of hydrogen-bond donors (Lipinski definition) is 1. The van der Waals surface area contributed by atoms with Crippen LogP contribution in [0.2, 0.25) is 0 Å². The van der Waals surface area contributed by atoms with Gasteiger partial charge in [-0.15, -0.1) is 0 Å². The van der Waals surface area contributed by atoms with E-state index in [0.29, 0.717) is 18.1 Å². The van der Waals surface area contributed by atoms with E-state index < -0.39 is 0 Å². The van der Waals surface area contributed by atoms with Gasteiger partial charge in [-0.25, -0.2) is 4.39 Å². The first-order valence-corrected chi connectivity index (χ1v) is 10.9. The highest BCUT2D eigenvalue weighted by Gasteiger charge is 2.17. The Morgan fingerprint density at radius 2 is 1.90 bits per heavy atom. The number of nitrogens with zero attached hydrogens (tertiary/aromatic N) is 3. The van der Waals surface area contributed by atoms with Gasteiger partial charge in [0.1, 0.15) is 11.3 Å². The van der Waals surface area contributed by atoms with Crippen LogP contribution in [0, 0.1) is 12.7 Å². The topological polar surface area (TPSA) is 61.1 Å². The number of aromatic nitrogens is 3. The third-order valence-electron chi connectivity index (χ3n) is 5.16. The smallest absolute Gasteiger partial charge is 0.297 e. The maximum atomic E-state index is 13.4. The van der Waals surface area contributed by atoms with Crippen molar-refractivity contribution >= 4 is 28.7 Å². The Labute approximate surface area is 183 Å². The van der Waals surface area contributed by atoms with Gasteiger partial charge in [0.05, 0.1) is 24.9 Å². The summed E-state index contributed by atoms with van der Waals surface area (Å²) in [6.45, 7) is 2.29. The molecule has 1 N–H and O–H groups in total. The third kappa shape index (κ3) is 4.03. The van der Waals surface area contributed by atoms with Gasteiger partial charge in [-0.1, -0.05) is 24.1 Å². The molecule has 0 fully saturated rings. The fourth-order valence-corrected chi connectivity index (χ4v) is 4.05. The average molecular weight is 439 g/mol. The SMILES string of the molecule is COc1nc2c(NSC)cc(-c3cc(C)c(=O)n(C)c3)cc2n1Cc1ccc(F)cc1. The Morgan fingerprint density at radius 3 is 2.55 bits per heavy atom. The van der Waals surface area contributed by atoms with E-state index in [-0.39, 0.29) is 11.4 Å². The number of imidazole rings is 1. The summed E-state index contributed by atoms with van der Waals surface area (Å²) in [5.41, 5.74) is 5.97. The molecule has 0 saturated heterocycles. The molecule has 0 aliphatic rings. The summed E-state index contributed by atoms with van der Waals surface area (Å²) in [6.07, 6.45) is 3.78. The lowest BCUT2D eigenvalue weighted by Crippen LogP contribution is -2.18. The lowest BCUT2D eigenvalue weighted by molar-refractivity contribution is 0.364. The highest BCUT2D eigenvalue weighted by molar-refractivity contribution is 7.99. The molecule has 0 spiro atoms. The van der Waals surface area contributed by atoms with E-state index in [2.05, 4.69) is 9.71 Å². The minimum absolute atomic E-state index is 0.0182. The van der Waals surface area contributed by atoms with E-state index in [9.17, 15) is 9.18 Å². The summed E-state index contributed by atoms with van der Waals surface area (Å²) in [5, 5.41) is 0. The van der Waals surface area contributed by atoms with Crippen LogP contribution < -0.4 is 15.0 Å². The summed E-state index contributed by atoms with van der Waals surface area (Å²) >= 11 is 1.47. The quantitative estimate of drug-likeness (QED) is 0.446. The largest absolute Gasteiger partial charge is 0.468 e. The maximum absolute atomic E-state index is 13.4. The van der Waals surface area contributed by atoms with Gasteiger partial charge in [-0.2, -0.15) is 4.98 Å². The van der Waals surface area contributed by atoms with Crippen molar-refractivity contribution in [3.8, 4) is 17.1 Å². The predicted molar refractivity (Wildman–Crippen MR) is 124 cm³/mol. The Morgan fingerprint density at radius 1 is 1.16 bits per heavy atom. The van der Waals surface area contributed by atoms with Crippen LogP contribution in [-0.2, 0) is 13.6 Å². The minimum Gasteiger partial charge on any atom is -0.468 e. The molecule has 31 heavy (non-hydrogen) atoms. The first kappa shape index (κ1) is 21.0. The number of nitrogens with one attached hydrogen (secondary N) is 1. The Balaban J connectivity index is 1.93. The van der Waals surface area contributed by atoms with E-state index >= 15 is 0 Å². The molecule has 0 saturated carbocycles. The van der Waals surface area contributed by atoms with E-state index in [1.54, 1.807) is 30.9 Å². The maximum Gasteiger partial charge on any atom is 0.297 e. The Hall–Kier alpha value is -3.26. The van der Waals surface area contributed by atoms with Gasteiger partial charge in [0.15, 0.2) is 0 Å². The fourth-order valence-electron chi connectivity index (χ4n) is 3.67. The molecule has 0 aliphatic heterocycles. The van der Waals surface area contributed by atoms with E-state index in [0.717, 1.165) is 33.4 Å². The zero-order valence-electron chi connectivity index (χ0n) is 17.8. The molecular weight excluding hydrogens is 415 g/mol. The van der Waals surface area contributed by atoms with Crippen molar-refractivity contribution in [2.45, 2.75) is 13.5 Å². The molecule has 0 radical (unpaired) electrons. The van der Waals surface area contributed by atoms with E-state index in [1.165, 1.54) is 24.1 Å². The summed E-state index contributed by atoms with van der Waals surface area (Å²) in [7, 11) is 3.33. The minimum atomic E-state index is -0.273. The molecule has 0 amide bonds. The Bertz CT molecular complexity index is 1290. The summed E-state index contributed by atoms with van der Waals surface area (Å²) in [4.78, 5) is 16.8. The number of fused-ring (bicyclic) bond motifs is 1. The predicted octanol–water partition coefficient (Wildman–Crippen LogP) is 4.60. The van der Waals surface area contributed by atoms with Gasteiger partial charge in [0.25, 0.3) is 11.6 Å². The van der Waals surface area contributed by atoms with Crippen molar-refractivity contribution in [3.05, 3.63) is 76.0 Å². The van der Waals surface area contributed by atoms with Crippen LogP contribution in [0.25, 0.3) is 22.2 Å². The molecule has 2 aromatic carbocycles. The van der Waals surface area contributed by atoms with Crippen LogP contribution in [-0.4, -0.2) is 27.5 Å². The normalized spacial score (nSPS) is 11.1. The second kappa shape index (κ2) is 8.47. The van der Waals surface area contributed by atoms with E-state index in [1.807, 2.05) is 42.1 Å². The number of pyridine rings is 1. The van der Waals surface area contributed by atoms with Gasteiger partial charge in [-0.05, 0) is 53.9 Å². The number of benzene rings is 2. The summed E-state index contributed by atoms with van der Waals surface area (Å²) in [5.74, 6) is -0.273. The first-order valence-electron chi connectivity index (χ1n) is 9.70. The molecule has 0 unspecified atom stereocenters. The number of anilines is 1. The van der Waals surface area contributed by atoms with Crippen molar-refractivity contribution in [1.82, 2.24) is 14.1 Å². The molecular formula is C23H23FN4O2S. The molecule has 2 heterocycles. The zero-order chi connectivity index (χ0) is 22.1. The van der Waals surface area contributed by atoms with Crippen molar-refractivity contribution in [2.24, 2.45) is 7.05 Å². The van der Waals surface area contributed by atoms with Gasteiger partial charge >= 0.3 is 0 Å². The molecule has 4 aromatic rings. The lowest BCUT2D eigenvalue weighted by atomic mass is 10.0. The summed E-state index contributed by atoms with van der Waals surface area (Å²) in [6, 6.07) is 12.8. The number of methoxy groups -OCH3 is 1. The molecule has 0 aliphatic carbocycles. The third-order valence-corrected chi connectivity index (χ3v) is 5.59. The number of halogens is 1. The zero-order valence-corrected chi connectivity index (χ0v) is 18.6. The molecule has 6 nitrogen and oxygen atoms in total. The van der Waals surface area contributed by atoms with Gasteiger partial charge < -0.3 is 14.0 Å². The molecule has 4 rings (SSSR count). The molecule has 8 heteroatoms. The molecule has 0 bridgehead atoms. The highest BCUT2D eigenvalue weighted by Crippen LogP contribution is 2.34. The average Bonchev–Trinajstić information content (AvgIpc) is 3.11. The first-order chi connectivity index (χ1) is 14.9. The second-order valence-electron chi connectivity index (χ2n) is 7.34. The van der Waals surface area contributed by atoms with Crippen LogP contribution >= 0.6 is 11.9 Å². The number of ether oxygens (including phenoxy) is 1. The fraction of sp³-hybridized carbons (Fsp3) is 0.217. The van der Waals surface area contributed by atoms with Crippen LogP contribution in [0.3, 0.4) is 0 Å². The van der Waals surface area contributed by atoms with Gasteiger partial charge in [0.2, 0.25) is 0 Å². The van der Waals surface area contributed by atoms with Crippen molar-refractivity contribution in [2.75, 3.05) is 18.1 Å². The number of rotatable bonds is 6. The molecule has 2 aromatic heterocycles. The Kier molecular flexibility index (Phi) is 5.73. The monoisotopic (exact) mass is 438 g/mol. The van der Waals surface area contributed by atoms with Crippen molar-refractivity contribution < 1.29 is 9.13 Å². The van der Waals surface area contributed by atoms with E-state index in [4.69, 9.17) is 4.74 Å². The van der Waals surface area contributed by atoms with Crippen molar-refractivity contribution in [1.29, 1.82) is 0 Å². The second-order valence-corrected chi connectivity index (χ2v) is 7.95. The number of hydrogen-bond acceptors (Lipinski definition) is 5. The highest BCUT2D eigenvalue weighted by atomic mass is 32.2. The molecule has 160 valence electrons. The lowest BCUT2D eigenvalue weighted by Gasteiger charge is -2.12. The van der Waals surface area contributed by atoms with Gasteiger partial charge in [0, 0.05) is 25.1 Å². The van der Waals surface area contributed by atoms with Crippen LogP contribution in [0.1, 0.15) is 11.1 Å².